The molecule has 3 rings (SSSR count). The number of nitrogens with one attached hydrogen (secondary N) is 1. The summed E-state index contributed by atoms with van der Waals surface area (Å²) in [6, 6.07) is 5.46. The molecule has 1 atom stereocenters. The monoisotopic (exact) mass is 437 g/mol. The van der Waals surface area contributed by atoms with Crippen LogP contribution in [0.15, 0.2) is 18.2 Å². The normalized spacial score (nSPS) is 12.2. The van der Waals surface area contributed by atoms with Crippen LogP contribution in [0.5, 0.6) is 0 Å². The van der Waals surface area contributed by atoms with Crippen LogP contribution in [-0.2, 0) is 21.3 Å². The zero-order chi connectivity index (χ0) is 20.4. The molecule has 0 aliphatic rings. The summed E-state index contributed by atoms with van der Waals surface area (Å²) in [5.41, 5.74) is 2.35. The number of carbonyl (C=O) groups excluding carboxylic acids is 1. The maximum atomic E-state index is 12.3. The van der Waals surface area contributed by atoms with Crippen molar-refractivity contribution in [2.75, 3.05) is 18.2 Å². The summed E-state index contributed by atoms with van der Waals surface area (Å²) in [5, 5.41) is 4.66. The van der Waals surface area contributed by atoms with Gasteiger partial charge in [0.25, 0.3) is 0 Å². The lowest BCUT2D eigenvalue weighted by atomic mass is 10.2. The Bertz CT molecular complexity index is 1080. The maximum absolute atomic E-state index is 12.3. The van der Waals surface area contributed by atoms with E-state index in [0.717, 1.165) is 27.0 Å². The standard InChI is InChI=1S/C19H20ClN3O3S2/c1-5-26-19(24)16-10(2)15-17(21-11(3)22-18(15)27-16)23-13-6-7-14(20)12(8-13)9-28(4)25/h6-8H,5,9H2,1-4H3,(H,21,22,23). The summed E-state index contributed by atoms with van der Waals surface area (Å²) in [5.74, 6) is 1.22. The number of hydrogen-bond acceptors (Lipinski definition) is 7. The number of fused-ring (bicyclic) bond motifs is 1. The van der Waals surface area contributed by atoms with Crippen molar-refractivity contribution in [3.63, 3.8) is 0 Å². The maximum Gasteiger partial charge on any atom is 0.348 e. The third-order valence-electron chi connectivity index (χ3n) is 4.03. The molecule has 0 aliphatic heterocycles. The van der Waals surface area contributed by atoms with Gasteiger partial charge in [-0.05, 0) is 50.1 Å². The number of esters is 1. The van der Waals surface area contributed by atoms with Gasteiger partial charge in [-0.15, -0.1) is 11.3 Å². The molecule has 1 unspecified atom stereocenters. The highest BCUT2D eigenvalue weighted by Crippen LogP contribution is 2.36. The van der Waals surface area contributed by atoms with Gasteiger partial charge in [0.2, 0.25) is 0 Å². The molecule has 0 radical (unpaired) electrons. The smallest absolute Gasteiger partial charge is 0.348 e. The molecular formula is C19H20ClN3O3S2. The number of thiophene rings is 1. The van der Waals surface area contributed by atoms with Gasteiger partial charge in [0.1, 0.15) is 21.3 Å². The van der Waals surface area contributed by atoms with E-state index >= 15 is 0 Å². The van der Waals surface area contributed by atoms with Crippen molar-refractivity contribution in [3.05, 3.63) is 45.1 Å². The lowest BCUT2D eigenvalue weighted by Crippen LogP contribution is -2.04. The summed E-state index contributed by atoms with van der Waals surface area (Å²) in [4.78, 5) is 22.5. The minimum atomic E-state index is -1.00. The summed E-state index contributed by atoms with van der Waals surface area (Å²) >= 11 is 7.52. The minimum absolute atomic E-state index is 0.314. The lowest BCUT2D eigenvalue weighted by molar-refractivity contribution is 0.0531. The van der Waals surface area contributed by atoms with E-state index in [4.69, 9.17) is 16.3 Å². The quantitative estimate of drug-likeness (QED) is 0.560. The Kier molecular flexibility index (Phi) is 6.32. The van der Waals surface area contributed by atoms with Crippen LogP contribution in [0.3, 0.4) is 0 Å². The zero-order valence-corrected chi connectivity index (χ0v) is 18.3. The van der Waals surface area contributed by atoms with Crippen molar-refractivity contribution in [3.8, 4) is 0 Å². The Morgan fingerprint density at radius 1 is 1.32 bits per heavy atom. The first-order chi connectivity index (χ1) is 13.3. The zero-order valence-electron chi connectivity index (χ0n) is 16.0. The number of halogens is 1. The Morgan fingerprint density at radius 2 is 2.07 bits per heavy atom. The number of benzene rings is 1. The van der Waals surface area contributed by atoms with Crippen LogP contribution in [0.1, 0.15) is 33.5 Å². The second kappa shape index (κ2) is 8.55. The van der Waals surface area contributed by atoms with E-state index in [0.29, 0.717) is 33.9 Å². The summed E-state index contributed by atoms with van der Waals surface area (Å²) in [6.07, 6.45) is 1.64. The fourth-order valence-electron chi connectivity index (χ4n) is 2.85. The minimum Gasteiger partial charge on any atom is -0.462 e. The number of anilines is 2. The molecule has 6 nitrogen and oxygen atoms in total. The summed E-state index contributed by atoms with van der Waals surface area (Å²) in [7, 11) is -1.00. The van der Waals surface area contributed by atoms with Gasteiger partial charge in [0.15, 0.2) is 0 Å². The molecule has 1 aromatic carbocycles. The molecule has 0 fully saturated rings. The Balaban J connectivity index is 2.06. The molecule has 0 aliphatic carbocycles. The van der Waals surface area contributed by atoms with E-state index in [-0.39, 0.29) is 5.97 Å². The van der Waals surface area contributed by atoms with Crippen LogP contribution in [0.4, 0.5) is 11.5 Å². The van der Waals surface area contributed by atoms with E-state index in [2.05, 4.69) is 15.3 Å². The van der Waals surface area contributed by atoms with Gasteiger partial charge < -0.3 is 10.1 Å². The number of ether oxygens (including phenoxy) is 1. The molecule has 2 heterocycles. The predicted molar refractivity (Wildman–Crippen MR) is 115 cm³/mol. The van der Waals surface area contributed by atoms with E-state index in [1.165, 1.54) is 11.3 Å². The van der Waals surface area contributed by atoms with Crippen molar-refractivity contribution in [2.24, 2.45) is 0 Å². The highest BCUT2D eigenvalue weighted by Gasteiger charge is 2.21. The van der Waals surface area contributed by atoms with Crippen LogP contribution in [0.2, 0.25) is 5.02 Å². The highest BCUT2D eigenvalue weighted by molar-refractivity contribution is 7.83. The molecular weight excluding hydrogens is 418 g/mol. The van der Waals surface area contributed by atoms with Crippen molar-refractivity contribution >= 4 is 61.4 Å². The van der Waals surface area contributed by atoms with Gasteiger partial charge >= 0.3 is 5.97 Å². The Hall–Kier alpha value is -2.03. The molecule has 0 amide bonds. The van der Waals surface area contributed by atoms with Crippen molar-refractivity contribution in [1.82, 2.24) is 9.97 Å². The molecule has 9 heteroatoms. The average Bonchev–Trinajstić information content (AvgIpc) is 2.94. The molecule has 0 saturated heterocycles. The van der Waals surface area contributed by atoms with Gasteiger partial charge in [-0.25, -0.2) is 14.8 Å². The first-order valence-corrected chi connectivity index (χ1v) is 11.5. The molecule has 0 spiro atoms. The van der Waals surface area contributed by atoms with E-state index in [9.17, 15) is 9.00 Å². The third kappa shape index (κ3) is 4.34. The number of aryl methyl sites for hydroxylation is 2. The summed E-state index contributed by atoms with van der Waals surface area (Å²) in [6.45, 7) is 5.76. The molecule has 28 heavy (non-hydrogen) atoms. The predicted octanol–water partition coefficient (Wildman–Crippen LogP) is 4.76. The van der Waals surface area contributed by atoms with Gasteiger partial charge in [0, 0.05) is 33.5 Å². The molecule has 1 N–H and O–H groups in total. The number of hydrogen-bond donors (Lipinski definition) is 1. The van der Waals surface area contributed by atoms with E-state index in [1.54, 1.807) is 26.2 Å². The van der Waals surface area contributed by atoms with Gasteiger partial charge in [-0.2, -0.15) is 0 Å². The van der Waals surface area contributed by atoms with Crippen molar-refractivity contribution in [2.45, 2.75) is 26.5 Å². The summed E-state index contributed by atoms with van der Waals surface area (Å²) < 4.78 is 16.7. The van der Waals surface area contributed by atoms with E-state index in [1.807, 2.05) is 19.1 Å². The fourth-order valence-corrected chi connectivity index (χ4v) is 4.91. The number of carbonyl (C=O) groups is 1. The first-order valence-electron chi connectivity index (χ1n) is 8.60. The van der Waals surface area contributed by atoms with Crippen LogP contribution in [-0.4, -0.2) is 33.0 Å². The number of rotatable bonds is 6. The second-order valence-corrected chi connectivity index (χ2v) is 9.07. The molecule has 0 bridgehead atoms. The third-order valence-corrected chi connectivity index (χ3v) is 6.28. The lowest BCUT2D eigenvalue weighted by Gasteiger charge is -2.11. The number of nitrogens with zero attached hydrogens (tertiary/aromatic N) is 2. The molecule has 2 aromatic heterocycles. The van der Waals surface area contributed by atoms with E-state index < -0.39 is 10.8 Å². The van der Waals surface area contributed by atoms with Crippen LogP contribution >= 0.6 is 22.9 Å². The topological polar surface area (TPSA) is 81.2 Å². The van der Waals surface area contributed by atoms with Crippen molar-refractivity contribution in [1.29, 1.82) is 0 Å². The largest absolute Gasteiger partial charge is 0.462 e. The van der Waals surface area contributed by atoms with Crippen LogP contribution in [0, 0.1) is 13.8 Å². The first kappa shape index (κ1) is 20.7. The Labute approximate surface area is 174 Å². The Morgan fingerprint density at radius 3 is 2.75 bits per heavy atom. The molecule has 3 aromatic rings. The molecule has 148 valence electrons. The molecule has 0 saturated carbocycles. The van der Waals surface area contributed by atoms with Gasteiger partial charge in [-0.3, -0.25) is 4.21 Å². The fraction of sp³-hybridized carbons (Fsp3) is 0.316. The van der Waals surface area contributed by atoms with Gasteiger partial charge in [0.05, 0.1) is 12.0 Å². The SMILES string of the molecule is CCOC(=O)c1sc2nc(C)nc(Nc3ccc(Cl)c(CS(C)=O)c3)c2c1C. The van der Waals surface area contributed by atoms with Crippen LogP contribution < -0.4 is 5.32 Å². The van der Waals surface area contributed by atoms with Gasteiger partial charge in [-0.1, -0.05) is 11.6 Å². The van der Waals surface area contributed by atoms with Crippen LogP contribution in [0.25, 0.3) is 10.2 Å². The second-order valence-electron chi connectivity index (χ2n) is 6.22. The average molecular weight is 438 g/mol. The van der Waals surface area contributed by atoms with Crippen molar-refractivity contribution < 1.29 is 13.7 Å². The number of aromatic nitrogens is 2. The highest BCUT2D eigenvalue weighted by atomic mass is 35.5.